The van der Waals surface area contributed by atoms with E-state index >= 15 is 0 Å². The molecular weight excluding hydrogens is 360 g/mol. The van der Waals surface area contributed by atoms with Gasteiger partial charge in [0.15, 0.2) is 0 Å². The van der Waals surface area contributed by atoms with Gasteiger partial charge in [0.2, 0.25) is 0 Å². The molecule has 0 spiro atoms. The van der Waals surface area contributed by atoms with Crippen molar-refractivity contribution in [2.45, 2.75) is 27.2 Å². The monoisotopic (exact) mass is 384 g/mol. The topological polar surface area (TPSA) is 78.9 Å². The summed E-state index contributed by atoms with van der Waals surface area (Å²) in [5, 5.41) is 0. The van der Waals surface area contributed by atoms with Crippen LogP contribution in [-0.2, 0) is 20.6 Å². The Morgan fingerprint density at radius 1 is 0.786 bits per heavy atom. The second kappa shape index (κ2) is 9.17. The van der Waals surface area contributed by atoms with Crippen LogP contribution in [0.1, 0.15) is 53.3 Å². The molecule has 6 nitrogen and oxygen atoms in total. The van der Waals surface area contributed by atoms with Crippen LogP contribution in [0.3, 0.4) is 0 Å². The van der Waals surface area contributed by atoms with Crippen molar-refractivity contribution in [1.29, 1.82) is 0 Å². The maximum Gasteiger partial charge on any atom is 0.338 e. The van der Waals surface area contributed by atoms with Gasteiger partial charge in [-0.15, -0.1) is 0 Å². The van der Waals surface area contributed by atoms with E-state index in [1.165, 1.54) is 20.3 Å². The average Bonchev–Trinajstić information content (AvgIpc) is 2.65. The molecule has 0 radical (unpaired) electrons. The number of rotatable bonds is 6. The minimum Gasteiger partial charge on any atom is -0.465 e. The first-order valence-corrected chi connectivity index (χ1v) is 8.83. The van der Waals surface area contributed by atoms with E-state index in [1.54, 1.807) is 12.1 Å². The van der Waals surface area contributed by atoms with E-state index in [4.69, 9.17) is 9.47 Å². The summed E-state index contributed by atoms with van der Waals surface area (Å²) in [7, 11) is 2.48. The van der Waals surface area contributed by atoms with Crippen molar-refractivity contribution in [2.75, 3.05) is 20.8 Å². The van der Waals surface area contributed by atoms with Gasteiger partial charge in [-0.2, -0.15) is 0 Å². The van der Waals surface area contributed by atoms with Gasteiger partial charge in [0.05, 0.1) is 37.5 Å². The van der Waals surface area contributed by atoms with Gasteiger partial charge in [-0.1, -0.05) is 23.8 Å². The quantitative estimate of drug-likeness (QED) is 0.559. The standard InChI is InChI=1S/C22H24O6/c1-13-10-14(2)19(15(3)11-13)22(25)28-9-8-16-6-7-17(20(23)26-4)18(12-16)21(24)27-5/h6-7,10-12H,8-9H2,1-5H3. The summed E-state index contributed by atoms with van der Waals surface area (Å²) in [6.45, 7) is 5.88. The highest BCUT2D eigenvalue weighted by Gasteiger charge is 2.19. The highest BCUT2D eigenvalue weighted by Crippen LogP contribution is 2.18. The predicted octanol–water partition coefficient (Wildman–Crippen LogP) is 3.58. The Morgan fingerprint density at radius 2 is 1.36 bits per heavy atom. The maximum absolute atomic E-state index is 12.4. The second-order valence-corrected chi connectivity index (χ2v) is 6.52. The zero-order chi connectivity index (χ0) is 20.8. The summed E-state index contributed by atoms with van der Waals surface area (Å²) in [6, 6.07) is 8.63. The number of benzene rings is 2. The first kappa shape index (κ1) is 21.2. The molecule has 148 valence electrons. The van der Waals surface area contributed by atoms with Gasteiger partial charge >= 0.3 is 17.9 Å². The molecule has 0 saturated carbocycles. The van der Waals surface area contributed by atoms with Crippen LogP contribution in [0.4, 0.5) is 0 Å². The van der Waals surface area contributed by atoms with Crippen molar-refractivity contribution in [3.8, 4) is 0 Å². The van der Waals surface area contributed by atoms with Crippen LogP contribution in [-0.4, -0.2) is 38.7 Å². The molecule has 2 aromatic carbocycles. The highest BCUT2D eigenvalue weighted by molar-refractivity contribution is 6.03. The molecule has 0 unspecified atom stereocenters. The Labute approximate surface area is 164 Å². The third kappa shape index (κ3) is 4.76. The number of carbonyl (C=O) groups excluding carboxylic acids is 3. The summed E-state index contributed by atoms with van der Waals surface area (Å²) in [5.41, 5.74) is 4.38. The van der Waals surface area contributed by atoms with E-state index in [0.29, 0.717) is 12.0 Å². The molecule has 0 aliphatic rings. The smallest absolute Gasteiger partial charge is 0.338 e. The fraction of sp³-hybridized carbons (Fsp3) is 0.318. The minimum atomic E-state index is -0.634. The third-order valence-corrected chi connectivity index (χ3v) is 4.40. The number of hydrogen-bond acceptors (Lipinski definition) is 6. The van der Waals surface area contributed by atoms with Crippen molar-refractivity contribution in [2.24, 2.45) is 0 Å². The van der Waals surface area contributed by atoms with Gasteiger partial charge in [-0.05, 0) is 49.6 Å². The second-order valence-electron chi connectivity index (χ2n) is 6.52. The Balaban J connectivity index is 2.12. The van der Waals surface area contributed by atoms with Gasteiger partial charge < -0.3 is 14.2 Å². The average molecular weight is 384 g/mol. The van der Waals surface area contributed by atoms with E-state index in [0.717, 1.165) is 22.3 Å². The number of methoxy groups -OCH3 is 2. The molecule has 0 saturated heterocycles. The van der Waals surface area contributed by atoms with Gasteiger partial charge in [0, 0.05) is 6.42 Å². The van der Waals surface area contributed by atoms with Crippen LogP contribution in [0.5, 0.6) is 0 Å². The minimum absolute atomic E-state index is 0.114. The molecule has 2 rings (SSSR count). The number of esters is 3. The summed E-state index contributed by atoms with van der Waals surface area (Å²) in [4.78, 5) is 36.2. The molecule has 0 fully saturated rings. The lowest BCUT2D eigenvalue weighted by atomic mass is 10.00. The molecule has 2 aromatic rings. The van der Waals surface area contributed by atoms with Gasteiger partial charge in [0.1, 0.15) is 0 Å². The fourth-order valence-electron chi connectivity index (χ4n) is 3.15. The van der Waals surface area contributed by atoms with E-state index in [1.807, 2.05) is 32.9 Å². The van der Waals surface area contributed by atoms with Gasteiger partial charge in [-0.3, -0.25) is 0 Å². The number of aryl methyl sites for hydroxylation is 3. The number of hydrogen-bond donors (Lipinski definition) is 0. The molecule has 0 aliphatic heterocycles. The normalized spacial score (nSPS) is 10.3. The summed E-state index contributed by atoms with van der Waals surface area (Å²) >= 11 is 0. The Morgan fingerprint density at radius 3 is 1.93 bits per heavy atom. The molecular formula is C22H24O6. The summed E-state index contributed by atoms with van der Waals surface area (Å²) in [5.74, 6) is -1.64. The third-order valence-electron chi connectivity index (χ3n) is 4.40. The molecule has 6 heteroatoms. The van der Waals surface area contributed by atoms with Crippen LogP contribution in [0.15, 0.2) is 30.3 Å². The van der Waals surface area contributed by atoms with Crippen LogP contribution in [0.2, 0.25) is 0 Å². The molecule has 0 heterocycles. The van der Waals surface area contributed by atoms with E-state index in [-0.39, 0.29) is 23.7 Å². The zero-order valence-electron chi connectivity index (χ0n) is 16.8. The van der Waals surface area contributed by atoms with Gasteiger partial charge in [0.25, 0.3) is 0 Å². The fourth-order valence-corrected chi connectivity index (χ4v) is 3.15. The van der Waals surface area contributed by atoms with E-state index < -0.39 is 11.9 Å². The SMILES string of the molecule is COC(=O)c1ccc(CCOC(=O)c2c(C)cc(C)cc2C)cc1C(=O)OC. The first-order chi connectivity index (χ1) is 13.3. The van der Waals surface area contributed by atoms with Crippen molar-refractivity contribution in [1.82, 2.24) is 0 Å². The largest absolute Gasteiger partial charge is 0.465 e. The van der Waals surface area contributed by atoms with Crippen LogP contribution in [0.25, 0.3) is 0 Å². The van der Waals surface area contributed by atoms with Crippen LogP contribution < -0.4 is 0 Å². The zero-order valence-corrected chi connectivity index (χ0v) is 16.8. The highest BCUT2D eigenvalue weighted by atomic mass is 16.5. The lowest BCUT2D eigenvalue weighted by Gasteiger charge is -2.12. The van der Waals surface area contributed by atoms with Crippen molar-refractivity contribution in [3.63, 3.8) is 0 Å². The lowest BCUT2D eigenvalue weighted by Crippen LogP contribution is -2.14. The lowest BCUT2D eigenvalue weighted by molar-refractivity contribution is 0.0506. The van der Waals surface area contributed by atoms with Crippen molar-refractivity contribution < 1.29 is 28.6 Å². The Hall–Kier alpha value is -3.15. The summed E-state index contributed by atoms with van der Waals surface area (Å²) < 4.78 is 14.8. The molecule has 28 heavy (non-hydrogen) atoms. The number of carbonyl (C=O) groups is 3. The number of ether oxygens (including phenoxy) is 3. The Kier molecular flexibility index (Phi) is 6.93. The molecule has 0 amide bonds. The van der Waals surface area contributed by atoms with Crippen LogP contribution >= 0.6 is 0 Å². The van der Waals surface area contributed by atoms with E-state index in [2.05, 4.69) is 4.74 Å². The molecule has 0 aromatic heterocycles. The Bertz CT molecular complexity index is 890. The van der Waals surface area contributed by atoms with E-state index in [9.17, 15) is 14.4 Å². The van der Waals surface area contributed by atoms with Crippen LogP contribution in [0, 0.1) is 20.8 Å². The predicted molar refractivity (Wildman–Crippen MR) is 104 cm³/mol. The first-order valence-electron chi connectivity index (χ1n) is 8.83. The van der Waals surface area contributed by atoms with Crippen molar-refractivity contribution >= 4 is 17.9 Å². The van der Waals surface area contributed by atoms with Gasteiger partial charge in [-0.25, -0.2) is 14.4 Å². The summed E-state index contributed by atoms with van der Waals surface area (Å²) in [6.07, 6.45) is 0.390. The molecule has 0 aliphatic carbocycles. The molecule has 0 atom stereocenters. The molecule has 0 N–H and O–H groups in total. The maximum atomic E-state index is 12.4. The molecule has 0 bridgehead atoms. The van der Waals surface area contributed by atoms with Crippen molar-refractivity contribution in [3.05, 3.63) is 69.3 Å².